The highest BCUT2D eigenvalue weighted by molar-refractivity contribution is 5.96. The Morgan fingerprint density at radius 1 is 0.542 bits per heavy atom. The summed E-state index contributed by atoms with van der Waals surface area (Å²) in [6.07, 6.45) is 19.0. The highest BCUT2D eigenvalue weighted by atomic mass is 19.2. The highest BCUT2D eigenvalue weighted by Crippen LogP contribution is 2.56. The van der Waals surface area contributed by atoms with E-state index < -0.39 is 70.6 Å². The molecule has 1 saturated carbocycles. The monoisotopic (exact) mass is 1620 g/mol. The van der Waals surface area contributed by atoms with Crippen LogP contribution in [0.5, 0.6) is 5.75 Å². The van der Waals surface area contributed by atoms with Gasteiger partial charge in [0.2, 0.25) is 17.7 Å². The number of aromatic amines is 1. The molecule has 7 aromatic carbocycles. The Morgan fingerprint density at radius 2 is 1.05 bits per heavy atom. The number of H-pyrrole nitrogens is 1. The summed E-state index contributed by atoms with van der Waals surface area (Å²) in [4.78, 5) is 86.1. The van der Waals surface area contributed by atoms with Crippen molar-refractivity contribution < 1.29 is 64.2 Å². The molecular weight excluding hydrogens is 1550 g/mol. The van der Waals surface area contributed by atoms with Crippen molar-refractivity contribution in [2.75, 3.05) is 14.1 Å². The summed E-state index contributed by atoms with van der Waals surface area (Å²) >= 11 is 0. The van der Waals surface area contributed by atoms with Gasteiger partial charge in [-0.25, -0.2) is 35.1 Å². The van der Waals surface area contributed by atoms with Crippen LogP contribution in [0.3, 0.4) is 0 Å². The molecule has 606 valence electrons. The van der Waals surface area contributed by atoms with Crippen molar-refractivity contribution in [3.8, 4) is 39.1 Å². The summed E-state index contributed by atoms with van der Waals surface area (Å²) in [6, 6.07) is 41.3. The van der Waals surface area contributed by atoms with E-state index in [9.17, 15) is 64.2 Å². The fourth-order valence-corrected chi connectivity index (χ4v) is 15.8. The predicted molar refractivity (Wildman–Crippen MR) is 436 cm³/mol. The van der Waals surface area contributed by atoms with E-state index in [0.29, 0.717) is 95.5 Å². The number of nitrogens with zero attached hydrogens (tertiary/aromatic N) is 7. The molecule has 1 fully saturated rings. The molecule has 0 saturated heterocycles. The van der Waals surface area contributed by atoms with Gasteiger partial charge in [0.05, 0.1) is 59.0 Å². The molecule has 7 aromatic heterocycles. The number of aromatic hydroxyl groups is 1. The second-order valence-corrected chi connectivity index (χ2v) is 29.8. The molecule has 0 bridgehead atoms. The summed E-state index contributed by atoms with van der Waals surface area (Å²) in [5, 5.41) is 30.0. The average molecular weight is 1620 g/mol. The van der Waals surface area contributed by atoms with Crippen LogP contribution in [0, 0.1) is 59.4 Å². The van der Waals surface area contributed by atoms with Gasteiger partial charge in [0.25, 0.3) is 11.8 Å². The van der Waals surface area contributed by atoms with Gasteiger partial charge in [-0.3, -0.25) is 48.6 Å². The summed E-state index contributed by atoms with van der Waals surface area (Å²) in [5.74, 6) is -6.52. The quantitative estimate of drug-likeness (QED) is 0.0296. The van der Waals surface area contributed by atoms with E-state index in [2.05, 4.69) is 68.7 Å². The van der Waals surface area contributed by atoms with Crippen molar-refractivity contribution >= 4 is 57.4 Å². The molecule has 7 N–H and O–H groups in total. The molecule has 120 heavy (non-hydrogen) atoms. The van der Waals surface area contributed by atoms with Gasteiger partial charge in [-0.15, -0.1) is 0 Å². The number of phenols is 1. The van der Waals surface area contributed by atoms with E-state index in [4.69, 9.17) is 0 Å². The largest absolute Gasteiger partial charge is 0.508 e. The lowest BCUT2D eigenvalue weighted by Gasteiger charge is -2.22. The number of pyridine rings is 4. The topological polar surface area (TPSA) is 256 Å². The zero-order chi connectivity index (χ0) is 84.0. The van der Waals surface area contributed by atoms with E-state index in [0.717, 1.165) is 82.2 Å². The number of halogens is 8. The first-order valence-corrected chi connectivity index (χ1v) is 38.6. The van der Waals surface area contributed by atoms with Crippen molar-refractivity contribution in [3.63, 3.8) is 0 Å². The number of hydrogen-bond donors (Lipinski definition) is 7. The summed E-state index contributed by atoms with van der Waals surface area (Å²) in [7, 11) is 3.07. The lowest BCUT2D eigenvalue weighted by molar-refractivity contribution is -0.123. The van der Waals surface area contributed by atoms with Gasteiger partial charge in [-0.1, -0.05) is 54.6 Å². The fraction of sp³-hybridized carbons (Fsp3) is 0.183. The molecule has 14 aromatic rings. The maximum atomic E-state index is 14.1. The van der Waals surface area contributed by atoms with E-state index in [1.165, 1.54) is 72.4 Å². The number of allylic oxidation sites excluding steroid dienone is 1. The van der Waals surface area contributed by atoms with Crippen molar-refractivity contribution in [2.24, 2.45) is 5.92 Å². The minimum Gasteiger partial charge on any atom is -0.508 e. The summed E-state index contributed by atoms with van der Waals surface area (Å²) in [5.41, 5.74) is 14.7. The Labute approximate surface area is 682 Å². The van der Waals surface area contributed by atoms with E-state index in [1.54, 1.807) is 116 Å². The third kappa shape index (κ3) is 18.6. The van der Waals surface area contributed by atoms with E-state index in [1.807, 2.05) is 42.7 Å². The molecule has 5 amide bonds. The molecule has 27 heteroatoms. The van der Waals surface area contributed by atoms with Gasteiger partial charge in [-0.2, -0.15) is 5.10 Å². The number of nitrogens with one attached hydrogen (secondary N) is 6. The van der Waals surface area contributed by atoms with Gasteiger partial charge in [0.15, 0.2) is 11.6 Å². The lowest BCUT2D eigenvalue weighted by atomic mass is 9.94. The number of rotatable bonds is 23. The van der Waals surface area contributed by atoms with Gasteiger partial charge < -0.3 is 41.2 Å². The molecular formula is C93H77F8N13O6. The zero-order valence-electron chi connectivity index (χ0n) is 64.8. The molecule has 7 heterocycles. The van der Waals surface area contributed by atoms with Crippen molar-refractivity contribution in [1.82, 2.24) is 65.9 Å². The third-order valence-corrected chi connectivity index (χ3v) is 21.5. The van der Waals surface area contributed by atoms with Crippen molar-refractivity contribution in [1.29, 1.82) is 0 Å². The fourth-order valence-electron chi connectivity index (χ4n) is 15.8. The van der Waals surface area contributed by atoms with Crippen LogP contribution in [-0.4, -0.2) is 88.0 Å². The Hall–Kier alpha value is -14.2. The number of aromatic nitrogens is 8. The van der Waals surface area contributed by atoms with Crippen LogP contribution in [0.4, 0.5) is 35.1 Å². The summed E-state index contributed by atoms with van der Waals surface area (Å²) in [6.45, 7) is 1.63. The number of hydrogen-bond acceptors (Lipinski definition) is 11. The van der Waals surface area contributed by atoms with Crippen LogP contribution in [0.25, 0.3) is 61.3 Å². The molecule has 2 unspecified atom stereocenters. The number of fused-ring (bicyclic) bond motifs is 6. The number of carbonyl (C=O) groups is 5. The smallest absolute Gasteiger partial charge is 0.251 e. The van der Waals surface area contributed by atoms with Crippen LogP contribution < -0.4 is 26.6 Å². The van der Waals surface area contributed by atoms with Gasteiger partial charge >= 0.3 is 0 Å². The van der Waals surface area contributed by atoms with Crippen LogP contribution >= 0.6 is 0 Å². The second-order valence-electron chi connectivity index (χ2n) is 29.8. The maximum Gasteiger partial charge on any atom is 0.251 e. The Morgan fingerprint density at radius 3 is 1.58 bits per heavy atom. The number of amides is 5. The minimum absolute atomic E-state index is 0.00810. The maximum absolute atomic E-state index is 14.1. The van der Waals surface area contributed by atoms with Crippen LogP contribution in [0.15, 0.2) is 225 Å². The van der Waals surface area contributed by atoms with E-state index >= 15 is 0 Å². The standard InChI is InChI=1S/C32H28F2N4O3.C31H24F4N4O2.C30H25F2N5O/c1-18-9-27-26(16-29(18)39)22(17-37-27)14-30(40)38-28(12-19-10-23(33)15-24(34)11-19)31-25(7-4-8-36-31)20-5-3-6-21(13-20)32(41)35-2;1-36-31(41)21-5-2-4-19(13-21)24-6-3-8-37-30(24)27(12-18-10-22(32)15-23(33)11-18)38-29(40)17-39-9-7-20-14-25(34)26(35)16-28(20)39;31-21-7-17(8-22(32)13-21)9-27(36-29(38)16-37-28-12-19-11-24(19)25(28)15-35-37)30-23(4-2-6-33-30)20-10-18-3-1-5-26(18)34-14-20/h3-11,13,15-17,28,37,39H,12,14H2,1-2H3,(H,35,41)(H,38,40);2-11,13-16,27H,12,17H2,1H3,(H,36,41)(H,38,40);1-4,6-8,10,13-15,19,24,27H,5,9,11-12,16H2,(H,36,38)/t28-;27-;19?,24?,27-/m000/s1. The highest BCUT2D eigenvalue weighted by Gasteiger charge is 2.47. The molecule has 0 spiro atoms. The molecule has 3 aliphatic carbocycles. The Bertz CT molecular complexity index is 6020. The molecule has 0 radical (unpaired) electrons. The van der Waals surface area contributed by atoms with Crippen LogP contribution in [0.2, 0.25) is 0 Å². The first-order chi connectivity index (χ1) is 57.9. The minimum atomic E-state index is -1.04. The lowest BCUT2D eigenvalue weighted by Crippen LogP contribution is -2.34. The normalized spacial score (nSPS) is 14.1. The molecule has 3 aliphatic rings. The number of aryl methyl sites for hydroxylation is 1. The first kappa shape index (κ1) is 80.9. The molecule has 0 aliphatic heterocycles. The average Bonchev–Trinajstić information content (AvgIpc) is 1.57. The molecule has 17 rings (SSSR count). The number of carbonyl (C=O) groups excluding carboxylic acids is 5. The molecule has 5 atom stereocenters. The van der Waals surface area contributed by atoms with Crippen molar-refractivity contribution in [2.45, 2.75) is 89.0 Å². The first-order valence-electron chi connectivity index (χ1n) is 38.6. The number of phenolic OH excluding ortho intramolecular Hbond substituents is 1. The van der Waals surface area contributed by atoms with Crippen LogP contribution in [-0.2, 0) is 66.0 Å². The second kappa shape index (κ2) is 35.3. The zero-order valence-corrected chi connectivity index (χ0v) is 64.8. The van der Waals surface area contributed by atoms with Crippen molar-refractivity contribution in [3.05, 3.63) is 350 Å². The van der Waals surface area contributed by atoms with Gasteiger partial charge in [0, 0.05) is 137 Å². The Balaban J connectivity index is 0.000000140. The number of benzene rings is 7. The van der Waals surface area contributed by atoms with Gasteiger partial charge in [0.1, 0.15) is 53.7 Å². The van der Waals surface area contributed by atoms with Crippen LogP contribution in [0.1, 0.15) is 119 Å². The SMILES string of the molecule is CNC(=O)c1cccc(-c2cccnc2[C@H](Cc2cc(F)cc(F)c2)NC(=O)Cc2c[nH]c3cc(C)c(O)cc23)c1.CNC(=O)c1cccc(-c2cccnc2[C@H](Cc2cc(F)cc(F)c2)NC(=O)Cn2ccc3cc(F)c(F)cc32)c1.O=C(Cn1ncc2c1CC1CC21)N[C@@H](Cc1cc(F)cc(F)c1)c1ncccc1-c1cnc2c(c1)C=CC2. The van der Waals surface area contributed by atoms with E-state index in [-0.39, 0.29) is 73.7 Å². The van der Waals surface area contributed by atoms with Gasteiger partial charge in [-0.05, 0) is 210 Å². The third-order valence-electron chi connectivity index (χ3n) is 21.5. The molecule has 19 nitrogen and oxygen atoms in total. The summed E-state index contributed by atoms with van der Waals surface area (Å²) < 4.78 is 115. The predicted octanol–water partition coefficient (Wildman–Crippen LogP) is 16.2. The Kier molecular flexibility index (Phi) is 23.8.